The maximum atomic E-state index is 14.1. The number of aromatic nitrogens is 1. The molecule has 0 radical (unpaired) electrons. The highest BCUT2D eigenvalue weighted by atomic mass is 19.1. The number of aryl methyl sites for hydroxylation is 3. The van der Waals surface area contributed by atoms with Crippen LogP contribution in [0.4, 0.5) is 10.1 Å². The first-order valence-corrected chi connectivity index (χ1v) is 14.1. The van der Waals surface area contributed by atoms with E-state index in [1.807, 2.05) is 39.0 Å². The summed E-state index contributed by atoms with van der Waals surface area (Å²) in [7, 11) is 0. The van der Waals surface area contributed by atoms with Crippen LogP contribution in [-0.2, 0) is 6.54 Å². The normalized spacial score (nSPS) is 19.2. The van der Waals surface area contributed by atoms with Gasteiger partial charge in [-0.05, 0) is 95.8 Å². The monoisotopic (exact) mass is 509 g/mol. The Kier molecular flexibility index (Phi) is 11.6. The molecule has 1 atom stereocenters. The lowest BCUT2D eigenvalue weighted by Gasteiger charge is -2.45. The molecular weight excluding hydrogens is 461 g/mol. The molecule has 204 valence electrons. The molecule has 2 aliphatic rings. The highest BCUT2D eigenvalue weighted by Crippen LogP contribution is 2.28. The number of nitrogens with two attached hydrogens (primary N) is 1. The Morgan fingerprint density at radius 3 is 2.51 bits per heavy atom. The van der Waals surface area contributed by atoms with E-state index < -0.39 is 0 Å². The third-order valence-corrected chi connectivity index (χ3v) is 7.83. The summed E-state index contributed by atoms with van der Waals surface area (Å²) in [6.45, 7) is 16.7. The lowest BCUT2D eigenvalue weighted by atomic mass is 9.92. The van der Waals surface area contributed by atoms with Gasteiger partial charge in [0, 0.05) is 42.1 Å². The van der Waals surface area contributed by atoms with Gasteiger partial charge in [0.2, 0.25) is 0 Å². The minimum absolute atomic E-state index is 0.0452. The number of hydrogen-bond donors (Lipinski definition) is 2. The Balaban J connectivity index is 0.000000248. The van der Waals surface area contributed by atoms with Crippen LogP contribution in [0, 0.1) is 26.6 Å². The first-order valence-electron chi connectivity index (χ1n) is 14.1. The van der Waals surface area contributed by atoms with Crippen molar-refractivity contribution in [3.8, 4) is 0 Å². The summed E-state index contributed by atoms with van der Waals surface area (Å²) in [4.78, 5) is 9.47. The third kappa shape index (κ3) is 8.91. The predicted molar refractivity (Wildman–Crippen MR) is 154 cm³/mol. The Labute approximate surface area is 224 Å². The molecule has 1 unspecified atom stereocenters. The van der Waals surface area contributed by atoms with Gasteiger partial charge in [-0.2, -0.15) is 0 Å². The molecule has 2 aliphatic heterocycles. The fraction of sp³-hybridized carbons (Fsp3) is 0.581. The van der Waals surface area contributed by atoms with E-state index in [-0.39, 0.29) is 5.82 Å². The summed E-state index contributed by atoms with van der Waals surface area (Å²) in [6.07, 6.45) is 11.1. The lowest BCUT2D eigenvalue weighted by molar-refractivity contribution is 0.0445. The molecule has 37 heavy (non-hydrogen) atoms. The molecule has 6 heteroatoms. The summed E-state index contributed by atoms with van der Waals surface area (Å²) in [6, 6.07) is 9.23. The molecule has 1 aromatic carbocycles. The molecule has 2 aromatic rings. The van der Waals surface area contributed by atoms with Crippen molar-refractivity contribution in [2.45, 2.75) is 91.3 Å². The molecule has 3 N–H and O–H groups in total. The van der Waals surface area contributed by atoms with Crippen molar-refractivity contribution >= 4 is 5.69 Å². The van der Waals surface area contributed by atoms with Crippen LogP contribution in [0.1, 0.15) is 74.3 Å². The van der Waals surface area contributed by atoms with Gasteiger partial charge >= 0.3 is 0 Å². The van der Waals surface area contributed by atoms with E-state index in [0.29, 0.717) is 6.54 Å². The number of anilines is 1. The number of piperidine rings is 2. The highest BCUT2D eigenvalue weighted by molar-refractivity contribution is 5.48. The number of hydrogen-bond acceptors (Lipinski definition) is 5. The van der Waals surface area contributed by atoms with Crippen LogP contribution in [0.3, 0.4) is 0 Å². The quantitative estimate of drug-likeness (QED) is 0.435. The second kappa shape index (κ2) is 14.6. The van der Waals surface area contributed by atoms with Gasteiger partial charge in [0.25, 0.3) is 0 Å². The average Bonchev–Trinajstić information content (AvgIpc) is 2.89. The molecule has 0 spiro atoms. The maximum Gasteiger partial charge on any atom is 0.127 e. The van der Waals surface area contributed by atoms with Crippen molar-refractivity contribution in [2.24, 2.45) is 5.73 Å². The standard InChI is InChI=1S/C21H33FN2.C10H15N3/c1-3-6-19-7-4-5-12-24(19)20-10-13-23(14-11-20)16-18-9-8-17(2)15-21(18)22;1-7-4-10(6-12-9(7)3)13-8(2)5-11/h8-9,15,19-20H,3-7,10-14,16H2,1-2H3;4,6,13H,2,5,11H2,1,3H3. The number of halogens is 1. The van der Waals surface area contributed by atoms with Crippen molar-refractivity contribution in [1.82, 2.24) is 14.8 Å². The van der Waals surface area contributed by atoms with Gasteiger partial charge in [-0.15, -0.1) is 0 Å². The van der Waals surface area contributed by atoms with Crippen molar-refractivity contribution in [2.75, 3.05) is 31.5 Å². The molecule has 0 bridgehead atoms. The molecule has 0 amide bonds. The molecule has 2 fully saturated rings. The van der Waals surface area contributed by atoms with E-state index in [1.54, 1.807) is 12.3 Å². The van der Waals surface area contributed by atoms with Gasteiger partial charge in [0.05, 0.1) is 11.9 Å². The van der Waals surface area contributed by atoms with Gasteiger partial charge in [-0.3, -0.25) is 14.8 Å². The zero-order valence-electron chi connectivity index (χ0n) is 23.5. The third-order valence-electron chi connectivity index (χ3n) is 7.83. The maximum absolute atomic E-state index is 14.1. The summed E-state index contributed by atoms with van der Waals surface area (Å²) in [5, 5.41) is 3.08. The van der Waals surface area contributed by atoms with Crippen LogP contribution < -0.4 is 11.1 Å². The molecule has 2 saturated heterocycles. The molecule has 0 saturated carbocycles. The van der Waals surface area contributed by atoms with Crippen LogP contribution in [0.2, 0.25) is 0 Å². The average molecular weight is 510 g/mol. The second-order valence-electron chi connectivity index (χ2n) is 10.8. The zero-order valence-corrected chi connectivity index (χ0v) is 23.5. The number of pyridine rings is 1. The summed E-state index contributed by atoms with van der Waals surface area (Å²) < 4.78 is 14.1. The lowest BCUT2D eigenvalue weighted by Crippen LogP contribution is -2.50. The van der Waals surface area contributed by atoms with E-state index in [1.165, 1.54) is 51.5 Å². The van der Waals surface area contributed by atoms with Crippen LogP contribution in [-0.4, -0.2) is 53.0 Å². The Morgan fingerprint density at radius 1 is 1.11 bits per heavy atom. The van der Waals surface area contributed by atoms with Crippen LogP contribution in [0.5, 0.6) is 0 Å². The summed E-state index contributed by atoms with van der Waals surface area (Å²) >= 11 is 0. The van der Waals surface area contributed by atoms with Crippen molar-refractivity contribution in [1.29, 1.82) is 0 Å². The highest BCUT2D eigenvalue weighted by Gasteiger charge is 2.30. The number of benzene rings is 1. The first-order chi connectivity index (χ1) is 17.8. The minimum atomic E-state index is -0.0452. The van der Waals surface area contributed by atoms with E-state index in [4.69, 9.17) is 5.73 Å². The fourth-order valence-corrected chi connectivity index (χ4v) is 5.54. The molecule has 0 aliphatic carbocycles. The first kappa shape index (κ1) is 29.3. The van der Waals surface area contributed by atoms with Crippen molar-refractivity contribution < 1.29 is 4.39 Å². The fourth-order valence-electron chi connectivity index (χ4n) is 5.54. The SMILES string of the molecule is C=C(CN)Nc1cnc(C)c(C)c1.CCCC1CCCCN1C1CCN(Cc2ccc(C)cc2F)CC1. The molecular formula is C31H48FN5. The van der Waals surface area contributed by atoms with E-state index >= 15 is 0 Å². The van der Waals surface area contributed by atoms with Crippen LogP contribution >= 0.6 is 0 Å². The molecule has 5 nitrogen and oxygen atoms in total. The minimum Gasteiger partial charge on any atom is -0.357 e. The molecule has 3 heterocycles. The zero-order chi connectivity index (χ0) is 26.8. The molecule has 1 aromatic heterocycles. The van der Waals surface area contributed by atoms with E-state index in [0.717, 1.165) is 65.5 Å². The topological polar surface area (TPSA) is 57.4 Å². The number of rotatable bonds is 8. The predicted octanol–water partition coefficient (Wildman–Crippen LogP) is 6.34. The smallest absolute Gasteiger partial charge is 0.127 e. The Hall–Kier alpha value is -2.28. The molecule has 4 rings (SSSR count). The van der Waals surface area contributed by atoms with Gasteiger partial charge in [0.15, 0.2) is 0 Å². The number of nitrogens with one attached hydrogen (secondary N) is 1. The van der Waals surface area contributed by atoms with Crippen molar-refractivity contribution in [3.63, 3.8) is 0 Å². The number of likely N-dealkylation sites (tertiary alicyclic amines) is 2. The summed E-state index contributed by atoms with van der Waals surface area (Å²) in [5.74, 6) is -0.0452. The van der Waals surface area contributed by atoms with E-state index in [2.05, 4.69) is 33.6 Å². The largest absolute Gasteiger partial charge is 0.357 e. The Bertz CT molecular complexity index is 997. The number of nitrogens with zero attached hydrogens (tertiary/aromatic N) is 3. The Morgan fingerprint density at radius 2 is 1.86 bits per heavy atom. The van der Waals surface area contributed by atoms with Gasteiger partial charge in [0.1, 0.15) is 5.82 Å². The van der Waals surface area contributed by atoms with Gasteiger partial charge in [-0.25, -0.2) is 4.39 Å². The van der Waals surface area contributed by atoms with E-state index in [9.17, 15) is 4.39 Å². The van der Waals surface area contributed by atoms with Gasteiger partial charge in [-0.1, -0.05) is 38.5 Å². The second-order valence-corrected chi connectivity index (χ2v) is 10.8. The van der Waals surface area contributed by atoms with Crippen molar-refractivity contribution in [3.05, 3.63) is 70.9 Å². The van der Waals surface area contributed by atoms with Crippen LogP contribution in [0.25, 0.3) is 0 Å². The summed E-state index contributed by atoms with van der Waals surface area (Å²) in [5.41, 5.74) is 11.2. The van der Waals surface area contributed by atoms with Gasteiger partial charge < -0.3 is 11.1 Å². The van der Waals surface area contributed by atoms with Crippen LogP contribution in [0.15, 0.2) is 42.7 Å².